The van der Waals surface area contributed by atoms with E-state index >= 15 is 0 Å². The number of allylic oxidation sites excluding steroid dienone is 1. The summed E-state index contributed by atoms with van der Waals surface area (Å²) in [7, 11) is 3.99. The quantitative estimate of drug-likeness (QED) is 0.788. The molecule has 0 bridgehead atoms. The third-order valence-corrected chi connectivity index (χ3v) is 4.06. The maximum absolute atomic E-state index is 12.2. The first-order chi connectivity index (χ1) is 8.97. The Balaban J connectivity index is 2.16. The Hall–Kier alpha value is -0.830. The van der Waals surface area contributed by atoms with Gasteiger partial charge >= 0.3 is 0 Å². The SMILES string of the molecule is CN(C)CC1CC/C(=C\c2ccc(Cl)c(Cl)c2)C1=O. The second-order valence-corrected chi connectivity index (χ2v) is 6.02. The van der Waals surface area contributed by atoms with Crippen LogP contribution in [0.3, 0.4) is 0 Å². The topological polar surface area (TPSA) is 20.3 Å². The molecule has 1 aromatic rings. The fourth-order valence-electron chi connectivity index (χ4n) is 2.41. The molecule has 1 saturated carbocycles. The molecule has 0 aromatic heterocycles. The minimum absolute atomic E-state index is 0.129. The summed E-state index contributed by atoms with van der Waals surface area (Å²) in [6, 6.07) is 5.43. The van der Waals surface area contributed by atoms with Crippen LogP contribution in [-0.2, 0) is 4.79 Å². The molecule has 0 aliphatic heterocycles. The van der Waals surface area contributed by atoms with E-state index in [0.29, 0.717) is 10.0 Å². The molecule has 0 amide bonds. The Bertz CT molecular complexity index is 523. The lowest BCUT2D eigenvalue weighted by Gasteiger charge is -2.13. The highest BCUT2D eigenvalue weighted by Gasteiger charge is 2.29. The van der Waals surface area contributed by atoms with E-state index in [9.17, 15) is 4.79 Å². The van der Waals surface area contributed by atoms with Gasteiger partial charge in [-0.3, -0.25) is 4.79 Å². The molecule has 1 unspecified atom stereocenters. The van der Waals surface area contributed by atoms with Gasteiger partial charge in [-0.2, -0.15) is 0 Å². The Labute approximate surface area is 124 Å². The van der Waals surface area contributed by atoms with Gasteiger partial charge in [0.05, 0.1) is 10.0 Å². The van der Waals surface area contributed by atoms with E-state index in [-0.39, 0.29) is 11.7 Å². The number of benzene rings is 1. The molecule has 1 fully saturated rings. The molecule has 1 aliphatic carbocycles. The summed E-state index contributed by atoms with van der Waals surface area (Å²) in [6.45, 7) is 0.817. The number of rotatable bonds is 3. The molecule has 1 aliphatic rings. The van der Waals surface area contributed by atoms with E-state index in [1.165, 1.54) is 0 Å². The van der Waals surface area contributed by atoms with Gasteiger partial charge < -0.3 is 4.90 Å². The minimum atomic E-state index is 0.129. The van der Waals surface area contributed by atoms with Crippen molar-refractivity contribution in [3.63, 3.8) is 0 Å². The average molecular weight is 298 g/mol. The molecular formula is C15H17Cl2NO. The van der Waals surface area contributed by atoms with Crippen LogP contribution in [0.2, 0.25) is 10.0 Å². The number of ketones is 1. The van der Waals surface area contributed by atoms with Gasteiger partial charge in [0.2, 0.25) is 0 Å². The summed E-state index contributed by atoms with van der Waals surface area (Å²) in [5.74, 6) is 0.392. The lowest BCUT2D eigenvalue weighted by molar-refractivity contribution is -0.118. The van der Waals surface area contributed by atoms with Crippen LogP contribution in [0.1, 0.15) is 18.4 Å². The van der Waals surface area contributed by atoms with Gasteiger partial charge in [-0.1, -0.05) is 29.3 Å². The Morgan fingerprint density at radius 2 is 2.05 bits per heavy atom. The van der Waals surface area contributed by atoms with Gasteiger partial charge in [-0.05, 0) is 56.3 Å². The van der Waals surface area contributed by atoms with E-state index in [1.807, 2.05) is 26.2 Å². The zero-order valence-electron chi connectivity index (χ0n) is 11.1. The normalized spacial score (nSPS) is 21.6. The molecule has 0 radical (unpaired) electrons. The van der Waals surface area contributed by atoms with Crippen LogP contribution >= 0.6 is 23.2 Å². The first kappa shape index (κ1) is 14.6. The molecule has 4 heteroatoms. The number of halogens is 2. The molecular weight excluding hydrogens is 281 g/mol. The highest BCUT2D eigenvalue weighted by molar-refractivity contribution is 6.42. The van der Waals surface area contributed by atoms with Crippen molar-refractivity contribution in [2.75, 3.05) is 20.6 Å². The smallest absolute Gasteiger partial charge is 0.163 e. The standard InChI is InChI=1S/C15H17Cl2NO/c1-18(2)9-12-5-4-11(15(12)19)7-10-3-6-13(16)14(17)8-10/h3,6-8,12H,4-5,9H2,1-2H3/b11-7+. The lowest BCUT2D eigenvalue weighted by atomic mass is 10.0. The fraction of sp³-hybridized carbons (Fsp3) is 0.400. The van der Waals surface area contributed by atoms with Crippen molar-refractivity contribution in [3.05, 3.63) is 39.4 Å². The van der Waals surface area contributed by atoms with E-state index in [1.54, 1.807) is 12.1 Å². The van der Waals surface area contributed by atoms with Crippen LogP contribution in [0.15, 0.2) is 23.8 Å². The number of hydrogen-bond donors (Lipinski definition) is 0. The molecule has 0 saturated heterocycles. The van der Waals surface area contributed by atoms with Crippen LogP contribution in [-0.4, -0.2) is 31.3 Å². The second-order valence-electron chi connectivity index (χ2n) is 5.21. The van der Waals surface area contributed by atoms with Crippen LogP contribution < -0.4 is 0 Å². The third-order valence-electron chi connectivity index (χ3n) is 3.32. The maximum Gasteiger partial charge on any atom is 0.163 e. The molecule has 1 atom stereocenters. The molecule has 1 aromatic carbocycles. The van der Waals surface area contributed by atoms with E-state index < -0.39 is 0 Å². The summed E-state index contributed by atoms with van der Waals surface area (Å²) >= 11 is 11.9. The highest BCUT2D eigenvalue weighted by atomic mass is 35.5. The summed E-state index contributed by atoms with van der Waals surface area (Å²) in [5.41, 5.74) is 1.83. The monoisotopic (exact) mass is 297 g/mol. The van der Waals surface area contributed by atoms with Crippen molar-refractivity contribution in [1.82, 2.24) is 4.90 Å². The summed E-state index contributed by atoms with van der Waals surface area (Å²) in [4.78, 5) is 14.3. The van der Waals surface area contributed by atoms with Crippen LogP contribution in [0.25, 0.3) is 6.08 Å². The van der Waals surface area contributed by atoms with Crippen LogP contribution in [0.5, 0.6) is 0 Å². The molecule has 2 nitrogen and oxygen atoms in total. The number of hydrogen-bond acceptors (Lipinski definition) is 2. The van der Waals surface area contributed by atoms with Gasteiger partial charge in [-0.15, -0.1) is 0 Å². The van der Waals surface area contributed by atoms with Gasteiger partial charge in [0.1, 0.15) is 0 Å². The van der Waals surface area contributed by atoms with Gasteiger partial charge in [0, 0.05) is 12.5 Å². The van der Waals surface area contributed by atoms with E-state index in [4.69, 9.17) is 23.2 Å². The molecule has 2 rings (SSSR count). The first-order valence-corrected chi connectivity index (χ1v) is 7.07. The molecule has 0 heterocycles. The Morgan fingerprint density at radius 1 is 1.32 bits per heavy atom. The minimum Gasteiger partial charge on any atom is -0.309 e. The van der Waals surface area contributed by atoms with Crippen molar-refractivity contribution in [3.8, 4) is 0 Å². The van der Waals surface area contributed by atoms with Crippen LogP contribution in [0.4, 0.5) is 0 Å². The third kappa shape index (κ3) is 3.59. The first-order valence-electron chi connectivity index (χ1n) is 6.32. The van der Waals surface area contributed by atoms with E-state index in [2.05, 4.69) is 4.90 Å². The molecule has 19 heavy (non-hydrogen) atoms. The van der Waals surface area contributed by atoms with Crippen molar-refractivity contribution < 1.29 is 4.79 Å². The van der Waals surface area contributed by atoms with Crippen molar-refractivity contribution in [1.29, 1.82) is 0 Å². The summed E-state index contributed by atoms with van der Waals surface area (Å²) < 4.78 is 0. The fourth-order valence-corrected chi connectivity index (χ4v) is 2.71. The van der Waals surface area contributed by atoms with Crippen LogP contribution in [0, 0.1) is 5.92 Å². The zero-order valence-corrected chi connectivity index (χ0v) is 12.6. The van der Waals surface area contributed by atoms with Gasteiger partial charge in [0.25, 0.3) is 0 Å². The van der Waals surface area contributed by atoms with Crippen molar-refractivity contribution in [2.24, 2.45) is 5.92 Å². The number of Topliss-reactive ketones (excluding diaryl/α,β-unsaturated/α-hetero) is 1. The Kier molecular flexibility index (Phi) is 4.67. The van der Waals surface area contributed by atoms with Gasteiger partial charge in [0.15, 0.2) is 5.78 Å². The number of carbonyl (C=O) groups excluding carboxylic acids is 1. The second kappa shape index (κ2) is 6.08. The van der Waals surface area contributed by atoms with E-state index in [0.717, 1.165) is 30.5 Å². The largest absolute Gasteiger partial charge is 0.309 e. The number of carbonyl (C=O) groups is 1. The molecule has 0 spiro atoms. The maximum atomic E-state index is 12.2. The predicted octanol–water partition coefficient (Wildman–Crippen LogP) is 3.92. The lowest BCUT2D eigenvalue weighted by Crippen LogP contribution is -2.24. The van der Waals surface area contributed by atoms with Crippen molar-refractivity contribution >= 4 is 35.1 Å². The average Bonchev–Trinajstić information content (AvgIpc) is 2.66. The molecule has 0 N–H and O–H groups in total. The van der Waals surface area contributed by atoms with Gasteiger partial charge in [-0.25, -0.2) is 0 Å². The zero-order chi connectivity index (χ0) is 14.0. The molecule has 102 valence electrons. The number of nitrogens with zero attached hydrogens (tertiary/aromatic N) is 1. The summed E-state index contributed by atoms with van der Waals surface area (Å²) in [6.07, 6.45) is 3.71. The Morgan fingerprint density at radius 3 is 2.68 bits per heavy atom. The highest BCUT2D eigenvalue weighted by Crippen LogP contribution is 2.30. The summed E-state index contributed by atoms with van der Waals surface area (Å²) in [5, 5.41) is 1.05. The predicted molar refractivity (Wildman–Crippen MR) is 80.7 cm³/mol. The van der Waals surface area contributed by atoms with Crippen molar-refractivity contribution in [2.45, 2.75) is 12.8 Å².